The molecule has 0 fully saturated rings. The molecule has 0 saturated carbocycles. The van der Waals surface area contributed by atoms with Crippen LogP contribution in [0.5, 0.6) is 0 Å². The summed E-state index contributed by atoms with van der Waals surface area (Å²) in [4.78, 5) is 4.90. The highest BCUT2D eigenvalue weighted by atomic mass is 32.2. The van der Waals surface area contributed by atoms with E-state index >= 15 is 0 Å². The molecule has 4 heteroatoms. The zero-order chi connectivity index (χ0) is 15.5. The molecular weight excluding hydrogens is 308 g/mol. The van der Waals surface area contributed by atoms with Gasteiger partial charge >= 0.3 is 0 Å². The van der Waals surface area contributed by atoms with Gasteiger partial charge in [-0.1, -0.05) is 6.08 Å². The number of thiophene rings is 1. The number of rotatable bonds is 3. The Balaban J connectivity index is 2.09. The number of thioether (sulfide) groups is 1. The second kappa shape index (κ2) is 6.70. The molecule has 0 bridgehead atoms. The maximum absolute atomic E-state index is 9.22. The minimum Gasteiger partial charge on any atom is -0.309 e. The van der Waals surface area contributed by atoms with Gasteiger partial charge in [-0.3, -0.25) is 0 Å². The van der Waals surface area contributed by atoms with Crippen LogP contribution in [0, 0.1) is 11.3 Å². The van der Waals surface area contributed by atoms with Gasteiger partial charge in [0.25, 0.3) is 0 Å². The molecule has 1 aliphatic rings. The van der Waals surface area contributed by atoms with E-state index in [0.29, 0.717) is 0 Å². The first-order valence-corrected chi connectivity index (χ1v) is 9.14. The Hall–Kier alpha value is -1.54. The van der Waals surface area contributed by atoms with Crippen molar-refractivity contribution in [1.82, 2.24) is 4.90 Å². The molecular formula is C18H18N2S2. The smallest absolute Gasteiger partial charge is 0.0991 e. The summed E-state index contributed by atoms with van der Waals surface area (Å²) in [6.45, 7) is 1.03. The summed E-state index contributed by atoms with van der Waals surface area (Å²) in [7, 11) is 4.19. The van der Waals surface area contributed by atoms with Gasteiger partial charge < -0.3 is 4.90 Å². The van der Waals surface area contributed by atoms with Crippen LogP contribution in [0.2, 0.25) is 0 Å². The summed E-state index contributed by atoms with van der Waals surface area (Å²) < 4.78 is 0. The van der Waals surface area contributed by atoms with Crippen molar-refractivity contribution in [1.29, 1.82) is 5.26 Å². The largest absolute Gasteiger partial charge is 0.309 e. The van der Waals surface area contributed by atoms with E-state index in [1.165, 1.54) is 26.5 Å². The molecule has 112 valence electrons. The van der Waals surface area contributed by atoms with Crippen LogP contribution in [0.1, 0.15) is 28.0 Å². The molecule has 1 aromatic carbocycles. The van der Waals surface area contributed by atoms with Crippen molar-refractivity contribution in [2.45, 2.75) is 17.1 Å². The number of benzene rings is 1. The zero-order valence-electron chi connectivity index (χ0n) is 12.8. The molecule has 1 aliphatic heterocycles. The van der Waals surface area contributed by atoms with Gasteiger partial charge in [-0.25, -0.2) is 0 Å². The maximum Gasteiger partial charge on any atom is 0.0991 e. The van der Waals surface area contributed by atoms with Crippen LogP contribution < -0.4 is 0 Å². The summed E-state index contributed by atoms with van der Waals surface area (Å²) in [6, 6.07) is 10.5. The molecule has 0 radical (unpaired) electrons. The lowest BCUT2D eigenvalue weighted by Crippen LogP contribution is -2.12. The first-order valence-electron chi connectivity index (χ1n) is 7.28. The Kier molecular flexibility index (Phi) is 4.68. The molecule has 2 nitrogen and oxygen atoms in total. The monoisotopic (exact) mass is 326 g/mol. The minimum absolute atomic E-state index is 0.733. The second-order valence-corrected chi connectivity index (χ2v) is 7.60. The van der Waals surface area contributed by atoms with E-state index in [2.05, 4.69) is 48.7 Å². The van der Waals surface area contributed by atoms with Crippen molar-refractivity contribution in [2.24, 2.45) is 0 Å². The fraction of sp³-hybridized carbons (Fsp3) is 0.278. The predicted octanol–water partition coefficient (Wildman–Crippen LogP) is 4.61. The van der Waals surface area contributed by atoms with Crippen LogP contribution in [-0.2, 0) is 5.75 Å². The minimum atomic E-state index is 0.733. The van der Waals surface area contributed by atoms with Crippen molar-refractivity contribution in [3.05, 3.63) is 57.3 Å². The SMILES string of the molecule is CN(C)CC/C=C1\c2cc(C#N)ccc2SCc2sccc21. The topological polar surface area (TPSA) is 27.0 Å². The normalized spacial score (nSPS) is 15.3. The molecule has 0 amide bonds. The second-order valence-electron chi connectivity index (χ2n) is 5.58. The van der Waals surface area contributed by atoms with Crippen molar-refractivity contribution in [3.8, 4) is 6.07 Å². The fourth-order valence-electron chi connectivity index (χ4n) is 2.60. The summed E-state index contributed by atoms with van der Waals surface area (Å²) in [5.74, 6) is 1.01. The molecule has 2 aromatic rings. The van der Waals surface area contributed by atoms with Gasteiger partial charge in [0.15, 0.2) is 0 Å². The van der Waals surface area contributed by atoms with E-state index in [-0.39, 0.29) is 0 Å². The lowest BCUT2D eigenvalue weighted by molar-refractivity contribution is 0.417. The molecule has 0 spiro atoms. The quantitative estimate of drug-likeness (QED) is 0.824. The van der Waals surface area contributed by atoms with Crippen molar-refractivity contribution < 1.29 is 0 Å². The number of hydrogen-bond donors (Lipinski definition) is 0. The van der Waals surface area contributed by atoms with E-state index in [9.17, 15) is 5.26 Å². The summed E-state index contributed by atoms with van der Waals surface area (Å²) in [6.07, 6.45) is 3.34. The van der Waals surface area contributed by atoms with E-state index in [1.807, 2.05) is 35.2 Å². The standard InChI is InChI=1S/C18H18N2S2/c1-20(2)8-3-4-14-15-7-9-21-18(15)12-22-17-6-5-13(11-19)10-16(14)17/h4-7,9-10H,3,8,12H2,1-2H3/b14-4-. The lowest BCUT2D eigenvalue weighted by Gasteiger charge is -2.12. The Labute approximate surface area is 140 Å². The zero-order valence-corrected chi connectivity index (χ0v) is 14.4. The number of nitriles is 1. The highest BCUT2D eigenvalue weighted by molar-refractivity contribution is 7.98. The average Bonchev–Trinajstić information content (AvgIpc) is 2.92. The summed E-state index contributed by atoms with van der Waals surface area (Å²) in [5, 5.41) is 11.4. The molecule has 0 unspecified atom stereocenters. The van der Waals surface area contributed by atoms with Gasteiger partial charge in [0.05, 0.1) is 11.6 Å². The van der Waals surface area contributed by atoms with Gasteiger partial charge in [0.1, 0.15) is 0 Å². The first-order chi connectivity index (χ1) is 10.7. The highest BCUT2D eigenvalue weighted by Gasteiger charge is 2.19. The fourth-order valence-corrected chi connectivity index (χ4v) is 4.66. The van der Waals surface area contributed by atoms with Gasteiger partial charge in [-0.2, -0.15) is 5.26 Å². The van der Waals surface area contributed by atoms with Gasteiger partial charge in [0.2, 0.25) is 0 Å². The molecule has 2 heterocycles. The molecule has 1 aromatic heterocycles. The maximum atomic E-state index is 9.22. The van der Waals surface area contributed by atoms with E-state index in [0.717, 1.165) is 24.3 Å². The Morgan fingerprint density at radius 2 is 2.14 bits per heavy atom. The van der Waals surface area contributed by atoms with Gasteiger partial charge in [-0.15, -0.1) is 23.1 Å². The molecule has 0 aliphatic carbocycles. The predicted molar refractivity (Wildman–Crippen MR) is 95.3 cm³/mol. The first kappa shape index (κ1) is 15.4. The number of hydrogen-bond acceptors (Lipinski definition) is 4. The average molecular weight is 326 g/mol. The van der Waals surface area contributed by atoms with E-state index in [4.69, 9.17) is 0 Å². The summed E-state index contributed by atoms with van der Waals surface area (Å²) >= 11 is 3.69. The Morgan fingerprint density at radius 3 is 2.91 bits per heavy atom. The third-order valence-electron chi connectivity index (χ3n) is 3.72. The molecule has 22 heavy (non-hydrogen) atoms. The van der Waals surface area contributed by atoms with Crippen molar-refractivity contribution in [2.75, 3.05) is 20.6 Å². The van der Waals surface area contributed by atoms with Crippen LogP contribution in [0.4, 0.5) is 0 Å². The number of nitrogens with zero attached hydrogens (tertiary/aromatic N) is 2. The van der Waals surface area contributed by atoms with Gasteiger partial charge in [0, 0.05) is 22.1 Å². The van der Waals surface area contributed by atoms with Crippen molar-refractivity contribution >= 4 is 28.7 Å². The van der Waals surface area contributed by atoms with Crippen LogP contribution >= 0.6 is 23.1 Å². The third-order valence-corrected chi connectivity index (χ3v) is 5.92. The molecule has 0 atom stereocenters. The van der Waals surface area contributed by atoms with E-state index < -0.39 is 0 Å². The van der Waals surface area contributed by atoms with Crippen LogP contribution in [0.25, 0.3) is 5.57 Å². The molecule has 0 saturated heterocycles. The lowest BCUT2D eigenvalue weighted by atomic mass is 9.96. The van der Waals surface area contributed by atoms with Gasteiger partial charge in [-0.05, 0) is 66.9 Å². The third kappa shape index (κ3) is 3.12. The van der Waals surface area contributed by atoms with Crippen LogP contribution in [0.3, 0.4) is 0 Å². The molecule has 0 N–H and O–H groups in total. The Bertz CT molecular complexity index is 751. The molecule has 3 rings (SSSR count). The van der Waals surface area contributed by atoms with Crippen molar-refractivity contribution in [3.63, 3.8) is 0 Å². The Morgan fingerprint density at radius 1 is 1.27 bits per heavy atom. The highest BCUT2D eigenvalue weighted by Crippen LogP contribution is 2.42. The van der Waals surface area contributed by atoms with Crippen LogP contribution in [-0.4, -0.2) is 25.5 Å². The number of fused-ring (bicyclic) bond motifs is 2. The van der Waals surface area contributed by atoms with Crippen LogP contribution in [0.15, 0.2) is 40.6 Å². The summed E-state index contributed by atoms with van der Waals surface area (Å²) in [5.41, 5.74) is 4.57. The van der Waals surface area contributed by atoms with E-state index in [1.54, 1.807) is 0 Å².